The molecule has 76 valence electrons. The highest BCUT2D eigenvalue weighted by molar-refractivity contribution is 5.52. The van der Waals surface area contributed by atoms with Gasteiger partial charge in [-0.25, -0.2) is 0 Å². The zero-order valence-electron chi connectivity index (χ0n) is 8.61. The molecule has 0 amide bonds. The summed E-state index contributed by atoms with van der Waals surface area (Å²) in [5, 5.41) is 9.12. The molecule has 1 aromatic rings. The third-order valence-corrected chi connectivity index (χ3v) is 3.46. The lowest BCUT2D eigenvalue weighted by Crippen LogP contribution is -2.37. The SMILES string of the molecule is N#CC1(c2cncc(N3CCC3)c2)CC1. The van der Waals surface area contributed by atoms with E-state index in [0.29, 0.717) is 0 Å². The second kappa shape index (κ2) is 2.96. The number of nitriles is 1. The normalized spacial score (nSPS) is 21.7. The fraction of sp³-hybridized carbons (Fsp3) is 0.500. The average Bonchev–Trinajstić information content (AvgIpc) is 2.96. The van der Waals surface area contributed by atoms with Crippen LogP contribution in [0.15, 0.2) is 18.5 Å². The van der Waals surface area contributed by atoms with Gasteiger partial charge in [0.25, 0.3) is 0 Å². The molecule has 1 saturated carbocycles. The lowest BCUT2D eigenvalue weighted by molar-refractivity contribution is 0.616. The van der Waals surface area contributed by atoms with E-state index in [1.807, 2.05) is 12.4 Å². The van der Waals surface area contributed by atoms with Gasteiger partial charge >= 0.3 is 0 Å². The number of anilines is 1. The van der Waals surface area contributed by atoms with Crippen LogP contribution in [-0.4, -0.2) is 18.1 Å². The van der Waals surface area contributed by atoms with E-state index in [0.717, 1.165) is 31.5 Å². The van der Waals surface area contributed by atoms with Crippen molar-refractivity contribution in [1.82, 2.24) is 4.98 Å². The summed E-state index contributed by atoms with van der Waals surface area (Å²) in [5.74, 6) is 0. The van der Waals surface area contributed by atoms with Crippen molar-refractivity contribution in [2.45, 2.75) is 24.7 Å². The van der Waals surface area contributed by atoms with E-state index < -0.39 is 0 Å². The molecule has 1 aromatic heterocycles. The predicted octanol–water partition coefficient (Wildman–Crippen LogP) is 1.85. The van der Waals surface area contributed by atoms with Crippen LogP contribution in [0.3, 0.4) is 0 Å². The van der Waals surface area contributed by atoms with E-state index >= 15 is 0 Å². The summed E-state index contributed by atoms with van der Waals surface area (Å²) in [7, 11) is 0. The molecular formula is C12H13N3. The Morgan fingerprint density at radius 3 is 2.67 bits per heavy atom. The van der Waals surface area contributed by atoms with Crippen molar-refractivity contribution in [3.8, 4) is 6.07 Å². The Hall–Kier alpha value is -1.56. The lowest BCUT2D eigenvalue weighted by atomic mass is 9.99. The van der Waals surface area contributed by atoms with Gasteiger partial charge in [0, 0.05) is 19.3 Å². The number of pyridine rings is 1. The van der Waals surface area contributed by atoms with E-state index in [9.17, 15) is 0 Å². The van der Waals surface area contributed by atoms with Crippen LogP contribution in [0.4, 0.5) is 5.69 Å². The lowest BCUT2D eigenvalue weighted by Gasteiger charge is -2.33. The van der Waals surface area contributed by atoms with E-state index in [2.05, 4.69) is 22.0 Å². The molecular weight excluding hydrogens is 186 g/mol. The maximum atomic E-state index is 9.12. The van der Waals surface area contributed by atoms with Crippen molar-refractivity contribution in [2.24, 2.45) is 0 Å². The molecule has 1 saturated heterocycles. The largest absolute Gasteiger partial charge is 0.370 e. The molecule has 3 heteroatoms. The third-order valence-electron chi connectivity index (χ3n) is 3.46. The van der Waals surface area contributed by atoms with Crippen molar-refractivity contribution in [3.63, 3.8) is 0 Å². The Balaban J connectivity index is 1.93. The minimum atomic E-state index is -0.201. The van der Waals surface area contributed by atoms with Crippen molar-refractivity contribution in [2.75, 3.05) is 18.0 Å². The Morgan fingerprint density at radius 1 is 1.33 bits per heavy atom. The van der Waals surface area contributed by atoms with Crippen molar-refractivity contribution in [3.05, 3.63) is 24.0 Å². The number of rotatable bonds is 2. The highest BCUT2D eigenvalue weighted by Crippen LogP contribution is 2.47. The first-order valence-electron chi connectivity index (χ1n) is 5.46. The number of hydrogen-bond acceptors (Lipinski definition) is 3. The van der Waals surface area contributed by atoms with Gasteiger partial charge in [0.15, 0.2) is 0 Å². The van der Waals surface area contributed by atoms with Gasteiger partial charge in [-0.3, -0.25) is 4.98 Å². The third kappa shape index (κ3) is 1.29. The fourth-order valence-corrected chi connectivity index (χ4v) is 2.03. The van der Waals surface area contributed by atoms with Gasteiger partial charge in [0.2, 0.25) is 0 Å². The predicted molar refractivity (Wildman–Crippen MR) is 57.6 cm³/mol. The van der Waals surface area contributed by atoms with Crippen LogP contribution in [0.5, 0.6) is 0 Å². The van der Waals surface area contributed by atoms with Crippen LogP contribution in [0.1, 0.15) is 24.8 Å². The van der Waals surface area contributed by atoms with Crippen LogP contribution < -0.4 is 4.90 Å². The minimum Gasteiger partial charge on any atom is -0.370 e. The van der Waals surface area contributed by atoms with Crippen molar-refractivity contribution >= 4 is 5.69 Å². The summed E-state index contributed by atoms with van der Waals surface area (Å²) in [6.45, 7) is 2.26. The molecule has 0 spiro atoms. The molecule has 0 unspecified atom stereocenters. The first kappa shape index (κ1) is 8.72. The molecule has 1 aliphatic heterocycles. The second-order valence-electron chi connectivity index (χ2n) is 4.47. The summed E-state index contributed by atoms with van der Waals surface area (Å²) < 4.78 is 0. The van der Waals surface area contributed by atoms with Crippen LogP contribution in [0.25, 0.3) is 0 Å². The molecule has 15 heavy (non-hydrogen) atoms. The van der Waals surface area contributed by atoms with Gasteiger partial charge in [0.1, 0.15) is 0 Å². The Kier molecular flexibility index (Phi) is 1.72. The zero-order chi connectivity index (χ0) is 10.3. The van der Waals surface area contributed by atoms with Gasteiger partial charge in [0.05, 0.1) is 23.4 Å². The van der Waals surface area contributed by atoms with E-state index in [-0.39, 0.29) is 5.41 Å². The van der Waals surface area contributed by atoms with Crippen molar-refractivity contribution < 1.29 is 0 Å². The molecule has 0 bridgehead atoms. The molecule has 2 aliphatic rings. The van der Waals surface area contributed by atoms with Gasteiger partial charge in [-0.15, -0.1) is 0 Å². The van der Waals surface area contributed by atoms with E-state index in [4.69, 9.17) is 5.26 Å². The van der Waals surface area contributed by atoms with Crippen molar-refractivity contribution in [1.29, 1.82) is 5.26 Å². The molecule has 3 rings (SSSR count). The highest BCUT2D eigenvalue weighted by Gasteiger charge is 2.45. The van der Waals surface area contributed by atoms with Crippen LogP contribution >= 0.6 is 0 Å². The molecule has 1 aliphatic carbocycles. The summed E-state index contributed by atoms with van der Waals surface area (Å²) in [4.78, 5) is 6.56. The molecule has 0 atom stereocenters. The maximum Gasteiger partial charge on any atom is 0.0839 e. The average molecular weight is 199 g/mol. The molecule has 0 radical (unpaired) electrons. The van der Waals surface area contributed by atoms with Gasteiger partial charge in [-0.05, 0) is 30.9 Å². The number of aromatic nitrogens is 1. The smallest absolute Gasteiger partial charge is 0.0839 e. The highest BCUT2D eigenvalue weighted by atomic mass is 15.2. The summed E-state index contributed by atoms with van der Waals surface area (Å²) >= 11 is 0. The molecule has 3 nitrogen and oxygen atoms in total. The Bertz CT molecular complexity index is 425. The molecule has 0 N–H and O–H groups in total. The monoisotopic (exact) mass is 199 g/mol. The Morgan fingerprint density at radius 2 is 2.13 bits per heavy atom. The first-order valence-corrected chi connectivity index (χ1v) is 5.46. The summed E-state index contributed by atoms with van der Waals surface area (Å²) in [6, 6.07) is 4.55. The molecule has 2 fully saturated rings. The standard InChI is InChI=1S/C12H13N3/c13-9-12(2-3-12)10-6-11(8-14-7-10)15-4-1-5-15/h6-8H,1-5H2. The van der Waals surface area contributed by atoms with Crippen LogP contribution in [0.2, 0.25) is 0 Å². The summed E-state index contributed by atoms with van der Waals surface area (Å²) in [6.07, 6.45) is 7.01. The van der Waals surface area contributed by atoms with E-state index in [1.54, 1.807) is 0 Å². The topological polar surface area (TPSA) is 39.9 Å². The summed E-state index contributed by atoms with van der Waals surface area (Å²) in [5.41, 5.74) is 2.09. The maximum absolute atomic E-state index is 9.12. The van der Waals surface area contributed by atoms with Crippen LogP contribution in [-0.2, 0) is 5.41 Å². The molecule has 0 aromatic carbocycles. The quantitative estimate of drug-likeness (QED) is 0.729. The van der Waals surface area contributed by atoms with Gasteiger partial charge < -0.3 is 4.90 Å². The van der Waals surface area contributed by atoms with Gasteiger partial charge in [-0.2, -0.15) is 5.26 Å². The minimum absolute atomic E-state index is 0.201. The van der Waals surface area contributed by atoms with E-state index in [1.165, 1.54) is 12.1 Å². The number of nitrogens with zero attached hydrogens (tertiary/aromatic N) is 3. The first-order chi connectivity index (χ1) is 7.34. The fourth-order valence-electron chi connectivity index (χ4n) is 2.03. The van der Waals surface area contributed by atoms with Crippen LogP contribution in [0, 0.1) is 11.3 Å². The number of hydrogen-bond donors (Lipinski definition) is 0. The zero-order valence-corrected chi connectivity index (χ0v) is 8.61. The second-order valence-corrected chi connectivity index (χ2v) is 4.47. The Labute approximate surface area is 89.3 Å². The molecule has 2 heterocycles. The van der Waals surface area contributed by atoms with Gasteiger partial charge in [-0.1, -0.05) is 0 Å².